The van der Waals surface area contributed by atoms with Gasteiger partial charge < -0.3 is 15.0 Å². The van der Waals surface area contributed by atoms with Crippen molar-refractivity contribution in [2.24, 2.45) is 0 Å². The molecule has 4 nitrogen and oxygen atoms in total. The molecule has 21 heavy (non-hydrogen) atoms. The van der Waals surface area contributed by atoms with Gasteiger partial charge >= 0.3 is 6.03 Å². The lowest BCUT2D eigenvalue weighted by Crippen LogP contribution is -2.42. The van der Waals surface area contributed by atoms with Crippen molar-refractivity contribution in [2.45, 2.75) is 26.7 Å². The molecule has 0 bridgehead atoms. The van der Waals surface area contributed by atoms with E-state index in [2.05, 4.69) is 5.32 Å². The maximum absolute atomic E-state index is 12.9. The molecule has 0 heterocycles. The van der Waals surface area contributed by atoms with Crippen LogP contribution in [0.1, 0.15) is 26.7 Å². The molecule has 0 saturated carbocycles. The largest absolute Gasteiger partial charge is 0.490 e. The third-order valence-corrected chi connectivity index (χ3v) is 3.10. The topological polar surface area (TPSA) is 41.6 Å². The predicted molar refractivity (Wildman–Crippen MR) is 82.5 cm³/mol. The van der Waals surface area contributed by atoms with E-state index in [0.29, 0.717) is 12.3 Å². The average Bonchev–Trinajstić information content (AvgIpc) is 2.45. The molecule has 1 rings (SSSR count). The van der Waals surface area contributed by atoms with Crippen LogP contribution in [0.25, 0.3) is 0 Å². The molecule has 0 aliphatic carbocycles. The molecular formula is C15H22ClFN2O2. The summed E-state index contributed by atoms with van der Waals surface area (Å²) in [6, 6.07) is 3.86. The van der Waals surface area contributed by atoms with E-state index in [9.17, 15) is 9.18 Å². The molecule has 6 heteroatoms. The molecule has 1 aromatic rings. The van der Waals surface area contributed by atoms with Crippen molar-refractivity contribution in [3.63, 3.8) is 0 Å². The number of hydrogen-bond donors (Lipinski definition) is 1. The van der Waals surface area contributed by atoms with Crippen molar-refractivity contribution < 1.29 is 13.9 Å². The molecular weight excluding hydrogens is 295 g/mol. The zero-order chi connectivity index (χ0) is 15.7. The Morgan fingerprint density at radius 1 is 1.33 bits per heavy atom. The zero-order valence-electron chi connectivity index (χ0n) is 12.5. The van der Waals surface area contributed by atoms with Gasteiger partial charge in [-0.05, 0) is 31.0 Å². The maximum Gasteiger partial charge on any atom is 0.317 e. The number of hydrogen-bond acceptors (Lipinski definition) is 2. The molecule has 0 aliphatic rings. The van der Waals surface area contributed by atoms with Crippen LogP contribution >= 0.6 is 11.6 Å². The summed E-state index contributed by atoms with van der Waals surface area (Å²) in [7, 11) is 0. The smallest absolute Gasteiger partial charge is 0.317 e. The van der Waals surface area contributed by atoms with Crippen molar-refractivity contribution in [3.05, 3.63) is 29.0 Å². The molecule has 0 saturated heterocycles. The molecule has 0 spiro atoms. The van der Waals surface area contributed by atoms with Crippen LogP contribution in [0.3, 0.4) is 0 Å². The third kappa shape index (κ3) is 6.21. The second kappa shape index (κ2) is 9.45. The quantitative estimate of drug-likeness (QED) is 0.743. The average molecular weight is 317 g/mol. The SMILES string of the molecule is CCCN(CCC)C(=O)NCCOc1ccc(F)cc1Cl. The third-order valence-electron chi connectivity index (χ3n) is 2.80. The van der Waals surface area contributed by atoms with E-state index >= 15 is 0 Å². The zero-order valence-corrected chi connectivity index (χ0v) is 13.3. The number of nitrogens with zero attached hydrogens (tertiary/aromatic N) is 1. The lowest BCUT2D eigenvalue weighted by atomic mass is 10.3. The first-order valence-electron chi connectivity index (χ1n) is 7.19. The highest BCUT2D eigenvalue weighted by Crippen LogP contribution is 2.24. The number of ether oxygens (including phenoxy) is 1. The lowest BCUT2D eigenvalue weighted by molar-refractivity contribution is 0.194. The molecule has 0 aliphatic heterocycles. The number of carbonyl (C=O) groups excluding carboxylic acids is 1. The summed E-state index contributed by atoms with van der Waals surface area (Å²) in [6.45, 7) is 6.21. The Kier molecular flexibility index (Phi) is 7.90. The van der Waals surface area contributed by atoms with E-state index in [0.717, 1.165) is 25.9 Å². The first-order valence-corrected chi connectivity index (χ1v) is 7.56. The van der Waals surface area contributed by atoms with E-state index in [1.165, 1.54) is 18.2 Å². The van der Waals surface area contributed by atoms with Crippen LogP contribution in [-0.4, -0.2) is 37.2 Å². The van der Waals surface area contributed by atoms with Gasteiger partial charge in [-0.3, -0.25) is 0 Å². The van der Waals surface area contributed by atoms with Gasteiger partial charge in [0.05, 0.1) is 11.6 Å². The second-order valence-corrected chi connectivity index (χ2v) is 5.05. The van der Waals surface area contributed by atoms with Crippen molar-refractivity contribution in [3.8, 4) is 5.75 Å². The molecule has 118 valence electrons. The number of amides is 2. The van der Waals surface area contributed by atoms with Gasteiger partial charge in [0.1, 0.15) is 18.2 Å². The number of carbonyl (C=O) groups is 1. The van der Waals surface area contributed by atoms with E-state index in [1.54, 1.807) is 4.90 Å². The van der Waals surface area contributed by atoms with Gasteiger partial charge in [0.15, 0.2) is 0 Å². The van der Waals surface area contributed by atoms with Gasteiger partial charge in [-0.1, -0.05) is 25.4 Å². The minimum Gasteiger partial charge on any atom is -0.490 e. The normalized spacial score (nSPS) is 10.3. The van der Waals surface area contributed by atoms with Crippen LogP contribution in [0.15, 0.2) is 18.2 Å². The van der Waals surface area contributed by atoms with E-state index in [1.807, 2.05) is 13.8 Å². The highest BCUT2D eigenvalue weighted by Gasteiger charge is 2.10. The number of rotatable bonds is 8. The Balaban J connectivity index is 2.34. The Bertz CT molecular complexity index is 451. The fourth-order valence-electron chi connectivity index (χ4n) is 1.88. The molecule has 1 aromatic carbocycles. The van der Waals surface area contributed by atoms with Gasteiger partial charge in [-0.15, -0.1) is 0 Å². The highest BCUT2D eigenvalue weighted by molar-refractivity contribution is 6.32. The van der Waals surface area contributed by atoms with Gasteiger partial charge in [-0.2, -0.15) is 0 Å². The van der Waals surface area contributed by atoms with Gasteiger partial charge in [0.2, 0.25) is 0 Å². The van der Waals surface area contributed by atoms with Crippen LogP contribution in [0.4, 0.5) is 9.18 Å². The summed E-state index contributed by atoms with van der Waals surface area (Å²) >= 11 is 5.84. The van der Waals surface area contributed by atoms with Gasteiger partial charge in [-0.25, -0.2) is 9.18 Å². The van der Waals surface area contributed by atoms with E-state index < -0.39 is 5.82 Å². The van der Waals surface area contributed by atoms with Crippen LogP contribution in [0.2, 0.25) is 5.02 Å². The summed E-state index contributed by atoms with van der Waals surface area (Å²) in [4.78, 5) is 13.7. The number of halogens is 2. The molecule has 0 fully saturated rings. The van der Waals surface area contributed by atoms with Crippen LogP contribution in [0.5, 0.6) is 5.75 Å². The van der Waals surface area contributed by atoms with Crippen LogP contribution in [0, 0.1) is 5.82 Å². The van der Waals surface area contributed by atoms with Crippen LogP contribution < -0.4 is 10.1 Å². The number of benzene rings is 1. The Morgan fingerprint density at radius 2 is 2.00 bits per heavy atom. The number of nitrogens with one attached hydrogen (secondary N) is 1. The lowest BCUT2D eigenvalue weighted by Gasteiger charge is -2.21. The molecule has 0 atom stereocenters. The molecule has 1 N–H and O–H groups in total. The minimum absolute atomic E-state index is 0.0903. The number of urea groups is 1. The molecule has 0 radical (unpaired) electrons. The molecule has 0 aromatic heterocycles. The van der Waals surface area contributed by atoms with Crippen molar-refractivity contribution >= 4 is 17.6 Å². The first-order chi connectivity index (χ1) is 10.1. The molecule has 0 unspecified atom stereocenters. The first kappa shape index (κ1) is 17.6. The van der Waals surface area contributed by atoms with E-state index in [4.69, 9.17) is 16.3 Å². The predicted octanol–water partition coefficient (Wildman–Crippen LogP) is 3.69. The van der Waals surface area contributed by atoms with Crippen molar-refractivity contribution in [2.75, 3.05) is 26.2 Å². The van der Waals surface area contributed by atoms with E-state index in [-0.39, 0.29) is 17.7 Å². The Hall–Kier alpha value is -1.49. The van der Waals surface area contributed by atoms with Crippen molar-refractivity contribution in [1.82, 2.24) is 10.2 Å². The summed E-state index contributed by atoms with van der Waals surface area (Å²) in [6.07, 6.45) is 1.85. The fraction of sp³-hybridized carbons (Fsp3) is 0.533. The van der Waals surface area contributed by atoms with Crippen LogP contribution in [-0.2, 0) is 0 Å². The Labute approximate surface area is 130 Å². The Morgan fingerprint density at radius 3 is 2.57 bits per heavy atom. The minimum atomic E-state index is -0.407. The monoisotopic (exact) mass is 316 g/mol. The fourth-order valence-corrected chi connectivity index (χ4v) is 2.10. The maximum atomic E-state index is 12.9. The van der Waals surface area contributed by atoms with Gasteiger partial charge in [0.25, 0.3) is 0 Å². The summed E-state index contributed by atoms with van der Waals surface area (Å²) in [5.74, 6) is 0.00159. The molecule has 2 amide bonds. The summed E-state index contributed by atoms with van der Waals surface area (Å²) in [5, 5.41) is 3.02. The van der Waals surface area contributed by atoms with Gasteiger partial charge in [0, 0.05) is 13.1 Å². The highest BCUT2D eigenvalue weighted by atomic mass is 35.5. The summed E-state index contributed by atoms with van der Waals surface area (Å²) < 4.78 is 18.3. The van der Waals surface area contributed by atoms with Crippen molar-refractivity contribution in [1.29, 1.82) is 0 Å². The standard InChI is InChI=1S/C15H22ClFN2O2/c1-3-8-19(9-4-2)15(20)18-7-10-21-14-6-5-12(17)11-13(14)16/h5-6,11H,3-4,7-10H2,1-2H3,(H,18,20). The summed E-state index contributed by atoms with van der Waals surface area (Å²) in [5.41, 5.74) is 0. The second-order valence-electron chi connectivity index (χ2n) is 4.64.